The van der Waals surface area contributed by atoms with Gasteiger partial charge in [0, 0.05) is 28.3 Å². The van der Waals surface area contributed by atoms with Gasteiger partial charge in [0.2, 0.25) is 0 Å². The van der Waals surface area contributed by atoms with E-state index in [0.717, 1.165) is 5.39 Å². The average molecular weight is 495 g/mol. The number of para-hydroxylation sites is 1. The Morgan fingerprint density at radius 1 is 0.941 bits per heavy atom. The van der Waals surface area contributed by atoms with Crippen LogP contribution in [0.1, 0.15) is 10.4 Å². The van der Waals surface area contributed by atoms with Gasteiger partial charge in [-0.1, -0.05) is 35.9 Å². The van der Waals surface area contributed by atoms with E-state index in [-0.39, 0.29) is 5.11 Å². The number of hydrogen-bond donors (Lipinski definition) is 2. The fourth-order valence-corrected chi connectivity index (χ4v) is 3.83. The van der Waals surface area contributed by atoms with Crippen molar-refractivity contribution in [3.05, 3.63) is 87.7 Å². The lowest BCUT2D eigenvalue weighted by Crippen LogP contribution is -2.34. The number of rotatable bonds is 5. The van der Waals surface area contributed by atoms with Crippen LogP contribution >= 0.6 is 23.8 Å². The highest BCUT2D eigenvalue weighted by Gasteiger charge is 2.14. The van der Waals surface area contributed by atoms with Crippen LogP contribution in [0.15, 0.2) is 75.9 Å². The Bertz CT molecular complexity index is 1450. The Balaban J connectivity index is 1.51. The third-order valence-corrected chi connectivity index (χ3v) is 5.52. The highest BCUT2D eigenvalue weighted by atomic mass is 35.5. The number of carbonyl (C=O) groups excluding carboxylic acids is 1. The van der Waals surface area contributed by atoms with E-state index < -0.39 is 11.5 Å². The van der Waals surface area contributed by atoms with Gasteiger partial charge in [-0.05, 0) is 48.6 Å². The molecule has 4 rings (SSSR count). The van der Waals surface area contributed by atoms with Crippen molar-refractivity contribution in [2.45, 2.75) is 0 Å². The highest BCUT2D eigenvalue weighted by Crippen LogP contribution is 2.30. The minimum Gasteiger partial charge on any atom is -0.497 e. The standard InChI is InChI=1S/C25H19ClN2O5S/c1-31-17-9-15(10-18(13-17)32-2)23(29)28-25(34)27-16-7-8-19(21(26)12-16)20-11-14-5-3-4-6-22(14)33-24(20)30/h3-13H,1-2H3,(H2,27,28,29,34). The molecule has 0 aliphatic rings. The molecule has 7 nitrogen and oxygen atoms in total. The van der Waals surface area contributed by atoms with Gasteiger partial charge in [-0.25, -0.2) is 4.79 Å². The lowest BCUT2D eigenvalue weighted by atomic mass is 10.1. The smallest absolute Gasteiger partial charge is 0.344 e. The molecule has 0 unspecified atom stereocenters. The second kappa shape index (κ2) is 9.94. The van der Waals surface area contributed by atoms with Gasteiger partial charge in [-0.2, -0.15) is 0 Å². The number of fused-ring (bicyclic) bond motifs is 1. The molecule has 0 saturated heterocycles. The summed E-state index contributed by atoms with van der Waals surface area (Å²) in [5.74, 6) is 0.513. The van der Waals surface area contributed by atoms with E-state index in [1.54, 1.807) is 54.6 Å². The topological polar surface area (TPSA) is 89.8 Å². The molecular weight excluding hydrogens is 476 g/mol. The third-order valence-electron chi connectivity index (χ3n) is 5.00. The van der Waals surface area contributed by atoms with E-state index in [1.165, 1.54) is 14.2 Å². The van der Waals surface area contributed by atoms with Crippen molar-refractivity contribution in [2.75, 3.05) is 19.5 Å². The zero-order chi connectivity index (χ0) is 24.2. The Morgan fingerprint density at radius 2 is 1.65 bits per heavy atom. The molecule has 0 atom stereocenters. The minimum absolute atomic E-state index is 0.0702. The number of hydrogen-bond acceptors (Lipinski definition) is 6. The second-order valence-electron chi connectivity index (χ2n) is 7.19. The fourth-order valence-electron chi connectivity index (χ4n) is 3.34. The van der Waals surface area contributed by atoms with Gasteiger partial charge in [0.05, 0.1) is 24.8 Å². The van der Waals surface area contributed by atoms with Crippen molar-refractivity contribution in [3.8, 4) is 22.6 Å². The summed E-state index contributed by atoms with van der Waals surface area (Å²) in [7, 11) is 3.00. The predicted octanol–water partition coefficient (Wildman–Crippen LogP) is 5.26. The molecule has 0 spiro atoms. The van der Waals surface area contributed by atoms with Crippen molar-refractivity contribution in [1.29, 1.82) is 0 Å². The molecule has 1 aromatic heterocycles. The first-order valence-corrected chi connectivity index (χ1v) is 10.8. The highest BCUT2D eigenvalue weighted by molar-refractivity contribution is 7.80. The van der Waals surface area contributed by atoms with Crippen LogP contribution in [0.2, 0.25) is 5.02 Å². The number of benzene rings is 3. The van der Waals surface area contributed by atoms with Crippen molar-refractivity contribution < 1.29 is 18.7 Å². The largest absolute Gasteiger partial charge is 0.497 e. The van der Waals surface area contributed by atoms with Crippen molar-refractivity contribution >= 4 is 51.5 Å². The number of carbonyl (C=O) groups is 1. The lowest BCUT2D eigenvalue weighted by molar-refractivity contribution is 0.0977. The summed E-state index contributed by atoms with van der Waals surface area (Å²) < 4.78 is 15.8. The molecule has 9 heteroatoms. The number of ether oxygens (including phenoxy) is 2. The minimum atomic E-state index is -0.488. The number of methoxy groups -OCH3 is 2. The first-order chi connectivity index (χ1) is 16.4. The maximum Gasteiger partial charge on any atom is 0.344 e. The monoisotopic (exact) mass is 494 g/mol. The molecule has 0 saturated carbocycles. The van der Waals surface area contributed by atoms with E-state index >= 15 is 0 Å². The molecule has 0 aliphatic heterocycles. The van der Waals surface area contributed by atoms with Crippen molar-refractivity contribution in [2.24, 2.45) is 0 Å². The molecule has 3 aromatic carbocycles. The van der Waals surface area contributed by atoms with Crippen molar-refractivity contribution in [1.82, 2.24) is 5.32 Å². The zero-order valence-electron chi connectivity index (χ0n) is 18.2. The summed E-state index contributed by atoms with van der Waals surface area (Å²) in [4.78, 5) is 25.1. The van der Waals surface area contributed by atoms with Crippen LogP contribution in [-0.2, 0) is 0 Å². The summed E-state index contributed by atoms with van der Waals surface area (Å²) in [6.07, 6.45) is 0. The Hall–Kier alpha value is -3.88. The van der Waals surface area contributed by atoms with Crippen LogP contribution in [0.25, 0.3) is 22.1 Å². The summed E-state index contributed by atoms with van der Waals surface area (Å²) in [6.45, 7) is 0. The molecule has 4 aromatic rings. The maximum atomic E-state index is 12.6. The molecule has 1 amide bonds. The first-order valence-electron chi connectivity index (χ1n) is 10.1. The van der Waals surface area contributed by atoms with Gasteiger partial charge in [0.25, 0.3) is 5.91 Å². The van der Waals surface area contributed by atoms with Gasteiger partial charge in [-0.15, -0.1) is 0 Å². The number of nitrogens with one attached hydrogen (secondary N) is 2. The molecule has 1 heterocycles. The Morgan fingerprint density at radius 3 is 2.32 bits per heavy atom. The van der Waals surface area contributed by atoms with E-state index in [4.69, 9.17) is 37.7 Å². The van der Waals surface area contributed by atoms with Gasteiger partial charge < -0.3 is 19.2 Å². The number of thiocarbonyl (C=S) groups is 1. The van der Waals surface area contributed by atoms with Crippen molar-refractivity contribution in [3.63, 3.8) is 0 Å². The maximum absolute atomic E-state index is 12.6. The van der Waals surface area contributed by atoms with Gasteiger partial charge in [0.1, 0.15) is 17.1 Å². The average Bonchev–Trinajstić information content (AvgIpc) is 2.83. The number of halogens is 1. The Labute approximate surface area is 205 Å². The van der Waals surface area contributed by atoms with Crippen LogP contribution in [-0.4, -0.2) is 25.2 Å². The van der Waals surface area contributed by atoms with Crippen LogP contribution in [0.5, 0.6) is 11.5 Å². The van der Waals surface area contributed by atoms with Crippen LogP contribution in [0.4, 0.5) is 5.69 Å². The Kier molecular flexibility index (Phi) is 6.81. The fraction of sp³-hybridized carbons (Fsp3) is 0.0800. The molecule has 0 bridgehead atoms. The summed E-state index contributed by atoms with van der Waals surface area (Å²) in [5.41, 5.74) is 1.73. The van der Waals surface area contributed by atoms with Crippen LogP contribution in [0, 0.1) is 0 Å². The molecule has 0 aliphatic carbocycles. The molecule has 172 valence electrons. The SMILES string of the molecule is COc1cc(OC)cc(C(=O)NC(=S)Nc2ccc(-c3cc4ccccc4oc3=O)c(Cl)c2)c1. The summed E-state index contributed by atoms with van der Waals surface area (Å²) in [6, 6.07) is 18.8. The van der Waals surface area contributed by atoms with Crippen LogP contribution < -0.4 is 25.7 Å². The van der Waals surface area contributed by atoms with Gasteiger partial charge in [-0.3, -0.25) is 10.1 Å². The first kappa shape index (κ1) is 23.3. The van der Waals surface area contributed by atoms with E-state index in [0.29, 0.717) is 44.5 Å². The molecule has 2 N–H and O–H groups in total. The molecular formula is C25H19ClN2O5S. The van der Waals surface area contributed by atoms with Gasteiger partial charge in [0.15, 0.2) is 5.11 Å². The second-order valence-corrected chi connectivity index (χ2v) is 8.01. The van der Waals surface area contributed by atoms with E-state index in [9.17, 15) is 9.59 Å². The third kappa shape index (κ3) is 5.03. The quantitative estimate of drug-likeness (QED) is 0.289. The van der Waals surface area contributed by atoms with Gasteiger partial charge >= 0.3 is 5.63 Å². The zero-order valence-corrected chi connectivity index (χ0v) is 19.8. The molecule has 0 fully saturated rings. The lowest BCUT2D eigenvalue weighted by Gasteiger charge is -2.12. The normalized spacial score (nSPS) is 10.6. The summed E-state index contributed by atoms with van der Waals surface area (Å²) in [5, 5.41) is 6.69. The predicted molar refractivity (Wildman–Crippen MR) is 136 cm³/mol. The molecule has 0 radical (unpaired) electrons. The van der Waals surface area contributed by atoms with E-state index in [1.807, 2.05) is 12.1 Å². The number of amides is 1. The number of anilines is 1. The summed E-state index contributed by atoms with van der Waals surface area (Å²) >= 11 is 11.7. The molecule has 34 heavy (non-hydrogen) atoms. The van der Waals surface area contributed by atoms with Crippen LogP contribution in [0.3, 0.4) is 0 Å². The van der Waals surface area contributed by atoms with E-state index in [2.05, 4.69) is 10.6 Å².